The number of carbonyl (C=O) groups is 2. The maximum Gasteiger partial charge on any atom is 0.341 e. The van der Waals surface area contributed by atoms with Gasteiger partial charge in [0, 0.05) is 12.2 Å². The lowest BCUT2D eigenvalue weighted by Gasteiger charge is -2.44. The van der Waals surface area contributed by atoms with Crippen LogP contribution < -0.4 is 10.2 Å². The van der Waals surface area contributed by atoms with Crippen LogP contribution in [-0.4, -0.2) is 51.9 Å². The quantitative estimate of drug-likeness (QED) is 0.804. The fourth-order valence-corrected chi connectivity index (χ4v) is 3.25. The number of carbonyl (C=O) groups excluding carboxylic acids is 1. The Hall–Kier alpha value is -2.35. The van der Waals surface area contributed by atoms with Crippen LogP contribution in [0.1, 0.15) is 54.0 Å². The van der Waals surface area contributed by atoms with Gasteiger partial charge in [-0.3, -0.25) is 9.59 Å². The lowest BCUT2D eigenvalue weighted by atomic mass is 10.1. The molecule has 1 fully saturated rings. The molecule has 0 radical (unpaired) electrons. The number of carboxylic acid groups (broad SMARTS) is 1. The molecule has 0 bridgehead atoms. The van der Waals surface area contributed by atoms with E-state index in [1.807, 2.05) is 13.8 Å². The van der Waals surface area contributed by atoms with E-state index in [9.17, 15) is 19.5 Å². The molecule has 1 saturated heterocycles. The first-order valence-corrected chi connectivity index (χ1v) is 8.53. The van der Waals surface area contributed by atoms with Crippen LogP contribution in [-0.2, 0) is 11.3 Å². The number of carboxylic acids is 1. The fraction of sp³-hybridized carbons (Fsp3) is 0.588. The number of hydrogen-bond donors (Lipinski definition) is 1. The van der Waals surface area contributed by atoms with Gasteiger partial charge in [-0.15, -0.1) is 0 Å². The number of pyridine rings is 1. The predicted octanol–water partition coefficient (Wildman–Crippen LogP) is 1.32. The maximum absolute atomic E-state index is 13.0. The summed E-state index contributed by atoms with van der Waals surface area (Å²) in [4.78, 5) is 38.6. The number of amides is 1. The Bertz CT molecular complexity index is 756. The second-order valence-electron chi connectivity index (χ2n) is 6.38. The smallest absolute Gasteiger partial charge is 0.341 e. The first-order chi connectivity index (χ1) is 12.0. The molecule has 1 aromatic heterocycles. The van der Waals surface area contributed by atoms with E-state index in [1.54, 1.807) is 4.90 Å². The zero-order valence-corrected chi connectivity index (χ0v) is 14.4. The Kier molecular flexibility index (Phi) is 4.80. The zero-order chi connectivity index (χ0) is 18.1. The van der Waals surface area contributed by atoms with E-state index in [0.29, 0.717) is 19.4 Å². The summed E-state index contributed by atoms with van der Waals surface area (Å²) in [5.41, 5.74) is -1.05. The van der Waals surface area contributed by atoms with Crippen LogP contribution in [0.15, 0.2) is 11.0 Å². The van der Waals surface area contributed by atoms with Gasteiger partial charge < -0.3 is 24.0 Å². The Labute approximate surface area is 144 Å². The minimum absolute atomic E-state index is 0.0160. The van der Waals surface area contributed by atoms with Crippen LogP contribution in [0.25, 0.3) is 0 Å². The van der Waals surface area contributed by atoms with Crippen LogP contribution in [0.2, 0.25) is 0 Å². The molecule has 8 heteroatoms. The van der Waals surface area contributed by atoms with Crippen molar-refractivity contribution in [3.8, 4) is 5.75 Å². The number of hydrogen-bond acceptors (Lipinski definition) is 5. The van der Waals surface area contributed by atoms with Crippen molar-refractivity contribution in [3.63, 3.8) is 0 Å². The monoisotopic (exact) mass is 350 g/mol. The number of aromatic carboxylic acids is 1. The van der Waals surface area contributed by atoms with Gasteiger partial charge in [-0.1, -0.05) is 13.3 Å². The predicted molar refractivity (Wildman–Crippen MR) is 88.1 cm³/mol. The van der Waals surface area contributed by atoms with Gasteiger partial charge in [-0.25, -0.2) is 4.79 Å². The molecule has 0 saturated carbocycles. The van der Waals surface area contributed by atoms with Crippen LogP contribution in [0.3, 0.4) is 0 Å². The van der Waals surface area contributed by atoms with E-state index in [-0.39, 0.29) is 36.5 Å². The lowest BCUT2D eigenvalue weighted by molar-refractivity contribution is -0.112. The summed E-state index contributed by atoms with van der Waals surface area (Å²) in [6.45, 7) is 4.98. The molecule has 0 aromatic carbocycles. The number of nitrogens with zero attached hydrogens (tertiary/aromatic N) is 2. The Morgan fingerprint density at radius 3 is 2.88 bits per heavy atom. The molecule has 0 spiro atoms. The molecule has 1 N–H and O–H groups in total. The summed E-state index contributed by atoms with van der Waals surface area (Å²) in [6, 6.07) is -0.0160. The number of ether oxygens (including phenoxy) is 2. The summed E-state index contributed by atoms with van der Waals surface area (Å²) in [5, 5.41) is 9.31. The summed E-state index contributed by atoms with van der Waals surface area (Å²) >= 11 is 0. The van der Waals surface area contributed by atoms with Gasteiger partial charge in [0.05, 0.1) is 19.8 Å². The van der Waals surface area contributed by atoms with Crippen LogP contribution in [0.4, 0.5) is 0 Å². The average Bonchev–Trinajstić information content (AvgIpc) is 2.56. The Morgan fingerprint density at radius 1 is 1.44 bits per heavy atom. The average molecular weight is 350 g/mol. The molecule has 25 heavy (non-hydrogen) atoms. The number of rotatable bonds is 5. The van der Waals surface area contributed by atoms with Crippen molar-refractivity contribution in [1.29, 1.82) is 0 Å². The van der Waals surface area contributed by atoms with E-state index in [4.69, 9.17) is 9.47 Å². The standard InChI is InChI=1S/C17H22N2O6/c1-3-4-6-25-15-13-16(21)19-10(2)5-7-24-12(19)9-18(13)8-11(14(15)20)17(22)23/h8,10,12H,3-7,9H2,1-2H3,(H,22,23)/t10-,12+/m1/s1. The Morgan fingerprint density at radius 2 is 2.20 bits per heavy atom. The number of aromatic nitrogens is 1. The molecule has 2 aliphatic rings. The largest absolute Gasteiger partial charge is 0.487 e. The van der Waals surface area contributed by atoms with Crippen molar-refractivity contribution >= 4 is 11.9 Å². The molecular weight excluding hydrogens is 328 g/mol. The maximum atomic E-state index is 13.0. The molecule has 3 rings (SSSR count). The van der Waals surface area contributed by atoms with Gasteiger partial charge in [-0.05, 0) is 19.8 Å². The van der Waals surface area contributed by atoms with Crippen LogP contribution in [0.5, 0.6) is 5.75 Å². The first kappa shape index (κ1) is 17.5. The molecule has 2 aliphatic heterocycles. The van der Waals surface area contributed by atoms with Crippen molar-refractivity contribution < 1.29 is 24.2 Å². The van der Waals surface area contributed by atoms with Crippen molar-refractivity contribution in [1.82, 2.24) is 9.47 Å². The van der Waals surface area contributed by atoms with Gasteiger partial charge in [0.25, 0.3) is 5.91 Å². The van der Waals surface area contributed by atoms with Crippen LogP contribution >= 0.6 is 0 Å². The van der Waals surface area contributed by atoms with Crippen molar-refractivity contribution in [2.24, 2.45) is 0 Å². The van der Waals surface area contributed by atoms with Gasteiger partial charge >= 0.3 is 5.97 Å². The van der Waals surface area contributed by atoms with Crippen molar-refractivity contribution in [2.45, 2.75) is 51.9 Å². The van der Waals surface area contributed by atoms with E-state index in [2.05, 4.69) is 0 Å². The molecule has 0 aliphatic carbocycles. The highest BCUT2D eigenvalue weighted by molar-refractivity contribution is 5.98. The lowest BCUT2D eigenvalue weighted by Crippen LogP contribution is -2.57. The Balaban J connectivity index is 2.12. The van der Waals surface area contributed by atoms with Gasteiger partial charge in [0.2, 0.25) is 5.43 Å². The topological polar surface area (TPSA) is 98.1 Å². The molecule has 0 unspecified atom stereocenters. The summed E-state index contributed by atoms with van der Waals surface area (Å²) in [6.07, 6.45) is 3.03. The fourth-order valence-electron chi connectivity index (χ4n) is 3.25. The minimum atomic E-state index is -1.34. The second kappa shape index (κ2) is 6.87. The van der Waals surface area contributed by atoms with Gasteiger partial charge in [0.1, 0.15) is 5.56 Å². The van der Waals surface area contributed by atoms with Gasteiger partial charge in [0.15, 0.2) is 17.7 Å². The van der Waals surface area contributed by atoms with E-state index < -0.39 is 23.2 Å². The van der Waals surface area contributed by atoms with E-state index in [0.717, 1.165) is 6.42 Å². The summed E-state index contributed by atoms with van der Waals surface area (Å²) in [5.74, 6) is -1.87. The third-order valence-electron chi connectivity index (χ3n) is 4.63. The minimum Gasteiger partial charge on any atom is -0.487 e. The third kappa shape index (κ3) is 3.02. The van der Waals surface area contributed by atoms with Crippen LogP contribution in [0, 0.1) is 0 Å². The highest BCUT2D eigenvalue weighted by Crippen LogP contribution is 2.29. The molecule has 1 aromatic rings. The molecule has 1 amide bonds. The molecular formula is C17H22N2O6. The number of unbranched alkanes of at least 4 members (excludes halogenated alkanes) is 1. The molecule has 2 atom stereocenters. The van der Waals surface area contributed by atoms with E-state index >= 15 is 0 Å². The zero-order valence-electron chi connectivity index (χ0n) is 14.4. The number of fused-ring (bicyclic) bond motifs is 2. The highest BCUT2D eigenvalue weighted by Gasteiger charge is 2.41. The third-order valence-corrected chi connectivity index (χ3v) is 4.63. The second-order valence-corrected chi connectivity index (χ2v) is 6.38. The SMILES string of the molecule is CCCCOc1c2n(cc(C(=O)O)c1=O)C[C@@H]1OCC[C@@H](C)N1C2=O. The molecule has 136 valence electrons. The summed E-state index contributed by atoms with van der Waals surface area (Å²) < 4.78 is 12.7. The van der Waals surface area contributed by atoms with Crippen molar-refractivity contribution in [3.05, 3.63) is 27.7 Å². The molecule has 3 heterocycles. The van der Waals surface area contributed by atoms with Crippen molar-refractivity contribution in [2.75, 3.05) is 13.2 Å². The van der Waals surface area contributed by atoms with Gasteiger partial charge in [-0.2, -0.15) is 0 Å². The highest BCUT2D eigenvalue weighted by atomic mass is 16.5. The normalized spacial score (nSPS) is 22.3. The molecule has 8 nitrogen and oxygen atoms in total. The summed E-state index contributed by atoms with van der Waals surface area (Å²) in [7, 11) is 0. The first-order valence-electron chi connectivity index (χ1n) is 8.53. The van der Waals surface area contributed by atoms with E-state index in [1.165, 1.54) is 10.8 Å².